The number of aryl methyl sites for hydroxylation is 1. The number of nitrogens with two attached hydrogens (primary N) is 1. The van der Waals surface area contributed by atoms with Gasteiger partial charge in [-0.25, -0.2) is 18.6 Å². The molecule has 0 saturated carbocycles. The molecule has 0 bridgehead atoms. The molecule has 1 aromatic heterocycles. The van der Waals surface area contributed by atoms with Crippen molar-refractivity contribution in [2.75, 3.05) is 11.9 Å². The molecular formula is C20H19F5N4O3. The van der Waals surface area contributed by atoms with E-state index in [1.165, 1.54) is 26.0 Å². The van der Waals surface area contributed by atoms with Crippen LogP contribution in [0, 0.1) is 18.6 Å². The van der Waals surface area contributed by atoms with Gasteiger partial charge in [0.2, 0.25) is 11.5 Å². The van der Waals surface area contributed by atoms with E-state index in [2.05, 4.69) is 15.3 Å². The Balaban J connectivity index is 1.85. The zero-order valence-corrected chi connectivity index (χ0v) is 17.2. The quantitative estimate of drug-likeness (QED) is 0.672. The van der Waals surface area contributed by atoms with Crippen molar-refractivity contribution in [3.63, 3.8) is 0 Å². The zero-order valence-electron chi connectivity index (χ0n) is 17.2. The number of aromatic nitrogens is 1. The fraction of sp³-hybridized carbons (Fsp3) is 0.350. The Kier molecular flexibility index (Phi) is 5.85. The van der Waals surface area contributed by atoms with E-state index >= 15 is 0 Å². The summed E-state index contributed by atoms with van der Waals surface area (Å²) in [6.45, 7) is 2.95. The molecule has 3 rings (SSSR count). The maximum absolute atomic E-state index is 14.6. The first kappa shape index (κ1) is 23.4. The smallest absolute Gasteiger partial charge is 0.391 e. The lowest BCUT2D eigenvalue weighted by Crippen LogP contribution is -2.60. The van der Waals surface area contributed by atoms with E-state index in [1.807, 2.05) is 0 Å². The highest BCUT2D eigenvalue weighted by Gasteiger charge is 2.59. The van der Waals surface area contributed by atoms with Crippen molar-refractivity contribution in [2.24, 2.45) is 10.7 Å². The number of alkyl halides is 3. The first-order chi connectivity index (χ1) is 14.7. The van der Waals surface area contributed by atoms with Crippen molar-refractivity contribution in [3.05, 3.63) is 53.2 Å². The average molecular weight is 458 g/mol. The number of carbonyl (C=O) groups excluding carboxylic acids is 1. The van der Waals surface area contributed by atoms with E-state index in [0.29, 0.717) is 0 Å². The van der Waals surface area contributed by atoms with Crippen LogP contribution in [0.15, 0.2) is 35.5 Å². The van der Waals surface area contributed by atoms with Crippen LogP contribution in [0.5, 0.6) is 5.88 Å². The molecule has 0 spiro atoms. The van der Waals surface area contributed by atoms with Crippen LogP contribution < -0.4 is 15.8 Å². The number of ether oxygens (including phenoxy) is 2. The molecule has 2 unspecified atom stereocenters. The second kappa shape index (κ2) is 8.01. The molecule has 0 fully saturated rings. The molecule has 0 saturated heterocycles. The Morgan fingerprint density at radius 2 is 1.94 bits per heavy atom. The molecule has 1 amide bonds. The fourth-order valence-electron chi connectivity index (χ4n) is 3.01. The van der Waals surface area contributed by atoms with E-state index < -0.39 is 47.5 Å². The number of pyridine rings is 1. The Bertz CT molecular complexity index is 1090. The molecule has 3 N–H and O–H groups in total. The molecule has 1 aliphatic heterocycles. The second-order valence-electron chi connectivity index (χ2n) is 7.58. The number of amides is 1. The number of benzene rings is 1. The molecule has 0 aliphatic carbocycles. The normalized spacial score (nSPS) is 23.4. The molecule has 7 nitrogen and oxygen atoms in total. The standard InChI is InChI=1S/C20H19F5N4O3/c1-10-6-11(21)8-27-15(10)32-17(30)28-12-4-5-14(22)13(7-12)18(2)9-31-19(3,16(26)29-18)20(23,24)25/h4-8H,9H2,1-3H3,(H2,26,29)(H,28,30). The maximum Gasteiger partial charge on any atom is 0.424 e. The lowest BCUT2D eigenvalue weighted by molar-refractivity contribution is -0.249. The lowest BCUT2D eigenvalue weighted by Gasteiger charge is -2.41. The van der Waals surface area contributed by atoms with Crippen molar-refractivity contribution >= 4 is 17.6 Å². The van der Waals surface area contributed by atoms with Crippen molar-refractivity contribution < 1.29 is 36.2 Å². The molecule has 2 heterocycles. The van der Waals surface area contributed by atoms with Crippen LogP contribution in [0.2, 0.25) is 0 Å². The van der Waals surface area contributed by atoms with Gasteiger partial charge in [-0.1, -0.05) is 0 Å². The van der Waals surface area contributed by atoms with Gasteiger partial charge in [0.1, 0.15) is 23.0 Å². The predicted octanol–water partition coefficient (Wildman–Crippen LogP) is 4.20. The van der Waals surface area contributed by atoms with Crippen LogP contribution in [0.25, 0.3) is 0 Å². The Labute approximate surface area is 179 Å². The average Bonchev–Trinajstić information content (AvgIpc) is 2.68. The number of halogens is 5. The number of carbonyl (C=O) groups is 1. The summed E-state index contributed by atoms with van der Waals surface area (Å²) >= 11 is 0. The van der Waals surface area contributed by atoms with E-state index in [4.69, 9.17) is 15.2 Å². The summed E-state index contributed by atoms with van der Waals surface area (Å²) in [4.78, 5) is 19.7. The van der Waals surface area contributed by atoms with Gasteiger partial charge in [0.05, 0.1) is 12.8 Å². The van der Waals surface area contributed by atoms with Gasteiger partial charge in [0.25, 0.3) is 0 Å². The molecule has 2 aromatic rings. The second-order valence-corrected chi connectivity index (χ2v) is 7.58. The monoisotopic (exact) mass is 458 g/mol. The molecule has 1 aromatic carbocycles. The van der Waals surface area contributed by atoms with Gasteiger partial charge in [0, 0.05) is 16.8 Å². The van der Waals surface area contributed by atoms with Crippen LogP contribution in [0.3, 0.4) is 0 Å². The minimum atomic E-state index is -4.82. The zero-order chi connectivity index (χ0) is 23.9. The third-order valence-corrected chi connectivity index (χ3v) is 5.02. The highest BCUT2D eigenvalue weighted by Crippen LogP contribution is 2.41. The molecule has 0 radical (unpaired) electrons. The first-order valence-corrected chi connectivity index (χ1v) is 9.23. The number of nitrogens with one attached hydrogen (secondary N) is 1. The van der Waals surface area contributed by atoms with Crippen molar-refractivity contribution in [1.82, 2.24) is 4.98 Å². The largest absolute Gasteiger partial charge is 0.424 e. The summed E-state index contributed by atoms with van der Waals surface area (Å²) in [6, 6.07) is 4.51. The van der Waals surface area contributed by atoms with Crippen LogP contribution in [-0.2, 0) is 10.3 Å². The van der Waals surface area contributed by atoms with Gasteiger partial charge in [0.15, 0.2) is 0 Å². The van der Waals surface area contributed by atoms with Crippen LogP contribution in [0.1, 0.15) is 25.0 Å². The van der Waals surface area contributed by atoms with Gasteiger partial charge < -0.3 is 15.2 Å². The SMILES string of the molecule is Cc1cc(F)cnc1OC(=O)Nc1ccc(F)c(C2(C)COC(C)(C(F)(F)F)C(N)=N2)c1. The minimum Gasteiger partial charge on any atom is -0.391 e. The van der Waals surface area contributed by atoms with E-state index in [1.54, 1.807) is 0 Å². The number of hydrogen-bond donors (Lipinski definition) is 2. The molecule has 12 heteroatoms. The lowest BCUT2D eigenvalue weighted by atomic mass is 9.89. The molecule has 172 valence electrons. The van der Waals surface area contributed by atoms with E-state index in [0.717, 1.165) is 25.3 Å². The minimum absolute atomic E-state index is 0.0605. The van der Waals surface area contributed by atoms with Gasteiger partial charge in [-0.2, -0.15) is 13.2 Å². The highest BCUT2D eigenvalue weighted by atomic mass is 19.4. The fourth-order valence-corrected chi connectivity index (χ4v) is 3.01. The number of hydrogen-bond acceptors (Lipinski definition) is 6. The Hall–Kier alpha value is -3.28. The number of anilines is 1. The van der Waals surface area contributed by atoms with E-state index in [-0.39, 0.29) is 22.7 Å². The van der Waals surface area contributed by atoms with Gasteiger partial charge >= 0.3 is 12.3 Å². The summed E-state index contributed by atoms with van der Waals surface area (Å²) in [5.74, 6) is -2.39. The molecule has 32 heavy (non-hydrogen) atoms. The third kappa shape index (κ3) is 4.35. The summed E-state index contributed by atoms with van der Waals surface area (Å²) in [5.41, 5.74) is 1.33. The first-order valence-electron chi connectivity index (χ1n) is 9.23. The summed E-state index contributed by atoms with van der Waals surface area (Å²) in [5, 5.41) is 2.35. The Morgan fingerprint density at radius 3 is 2.53 bits per heavy atom. The Morgan fingerprint density at radius 1 is 1.25 bits per heavy atom. The molecule has 2 atom stereocenters. The van der Waals surface area contributed by atoms with Gasteiger partial charge in [-0.15, -0.1) is 0 Å². The number of rotatable bonds is 3. The third-order valence-electron chi connectivity index (χ3n) is 5.02. The maximum atomic E-state index is 14.6. The van der Waals surface area contributed by atoms with Crippen molar-refractivity contribution in [3.8, 4) is 5.88 Å². The van der Waals surface area contributed by atoms with Gasteiger partial charge in [-0.3, -0.25) is 10.3 Å². The summed E-state index contributed by atoms with van der Waals surface area (Å²) < 4.78 is 77.6. The highest BCUT2D eigenvalue weighted by molar-refractivity contribution is 5.91. The van der Waals surface area contributed by atoms with Crippen molar-refractivity contribution in [2.45, 2.75) is 38.1 Å². The number of aliphatic imine (C=N–C) groups is 1. The summed E-state index contributed by atoms with van der Waals surface area (Å²) in [7, 11) is 0. The molecular weight excluding hydrogens is 439 g/mol. The van der Waals surface area contributed by atoms with Crippen LogP contribution >= 0.6 is 0 Å². The predicted molar refractivity (Wildman–Crippen MR) is 104 cm³/mol. The van der Waals surface area contributed by atoms with Crippen molar-refractivity contribution in [1.29, 1.82) is 0 Å². The van der Waals surface area contributed by atoms with E-state index in [9.17, 15) is 26.7 Å². The molecule has 1 aliphatic rings. The topological polar surface area (TPSA) is 98.8 Å². The van der Waals surface area contributed by atoms with Gasteiger partial charge in [-0.05, 0) is 45.0 Å². The number of amidine groups is 1. The summed E-state index contributed by atoms with van der Waals surface area (Å²) in [6.07, 6.45) is -4.95. The van der Waals surface area contributed by atoms with Crippen LogP contribution in [-0.4, -0.2) is 35.3 Å². The number of nitrogens with zero attached hydrogens (tertiary/aromatic N) is 2. The van der Waals surface area contributed by atoms with Crippen LogP contribution in [0.4, 0.5) is 32.4 Å².